The maximum absolute atomic E-state index is 13.0. The van der Waals surface area contributed by atoms with Crippen molar-refractivity contribution < 1.29 is 8.78 Å². The van der Waals surface area contributed by atoms with Gasteiger partial charge in [0.2, 0.25) is 5.95 Å². The first-order chi connectivity index (χ1) is 6.66. The van der Waals surface area contributed by atoms with Crippen LogP contribution in [0.1, 0.15) is 6.42 Å². The van der Waals surface area contributed by atoms with Crippen LogP contribution in [0.4, 0.5) is 14.6 Å². The number of halogens is 3. The van der Waals surface area contributed by atoms with E-state index in [0.717, 1.165) is 0 Å². The van der Waals surface area contributed by atoms with E-state index in [1.54, 1.807) is 11.0 Å². The minimum Gasteiger partial charge on any atom is -0.353 e. The zero-order valence-corrected chi connectivity index (χ0v) is 8.14. The van der Waals surface area contributed by atoms with Crippen molar-refractivity contribution >= 4 is 17.4 Å². The van der Waals surface area contributed by atoms with Crippen LogP contribution in [-0.4, -0.2) is 24.2 Å². The van der Waals surface area contributed by atoms with Crippen LogP contribution >= 0.6 is 11.6 Å². The SMILES string of the molecule is Fc1nc(N2CCC(F)C2)ccc1Cl. The van der Waals surface area contributed by atoms with Crippen molar-refractivity contribution in [3.8, 4) is 0 Å². The van der Waals surface area contributed by atoms with E-state index in [9.17, 15) is 8.78 Å². The summed E-state index contributed by atoms with van der Waals surface area (Å²) in [5, 5.41) is -0.00949. The van der Waals surface area contributed by atoms with E-state index in [1.165, 1.54) is 6.07 Å². The summed E-state index contributed by atoms with van der Waals surface area (Å²) in [6.45, 7) is 0.864. The fourth-order valence-corrected chi connectivity index (χ4v) is 1.61. The van der Waals surface area contributed by atoms with Crippen molar-refractivity contribution in [3.63, 3.8) is 0 Å². The largest absolute Gasteiger partial charge is 0.353 e. The van der Waals surface area contributed by atoms with E-state index in [2.05, 4.69) is 4.98 Å². The number of alkyl halides is 1. The average molecular weight is 219 g/mol. The van der Waals surface area contributed by atoms with Crippen LogP contribution in [0.15, 0.2) is 12.1 Å². The van der Waals surface area contributed by atoms with Gasteiger partial charge in [0, 0.05) is 6.54 Å². The fourth-order valence-electron chi connectivity index (χ4n) is 1.51. The first-order valence-corrected chi connectivity index (χ1v) is 4.75. The molecule has 76 valence electrons. The molecule has 2 nitrogen and oxygen atoms in total. The maximum Gasteiger partial charge on any atom is 0.233 e. The van der Waals surface area contributed by atoms with E-state index in [1.807, 2.05) is 0 Å². The molecular formula is C9H9ClF2N2. The summed E-state index contributed by atoms with van der Waals surface area (Å²) >= 11 is 5.49. The van der Waals surface area contributed by atoms with Gasteiger partial charge in [-0.2, -0.15) is 4.39 Å². The summed E-state index contributed by atoms with van der Waals surface area (Å²) in [5.41, 5.74) is 0. The molecule has 0 amide bonds. The van der Waals surface area contributed by atoms with Crippen LogP contribution in [0, 0.1) is 5.95 Å². The van der Waals surface area contributed by atoms with Gasteiger partial charge in [0.25, 0.3) is 0 Å². The van der Waals surface area contributed by atoms with Crippen molar-refractivity contribution in [3.05, 3.63) is 23.1 Å². The second-order valence-corrected chi connectivity index (χ2v) is 3.68. The molecule has 0 radical (unpaired) electrons. The van der Waals surface area contributed by atoms with Gasteiger partial charge in [-0.05, 0) is 18.6 Å². The quantitative estimate of drug-likeness (QED) is 0.673. The van der Waals surface area contributed by atoms with Gasteiger partial charge >= 0.3 is 0 Å². The average Bonchev–Trinajstić information content (AvgIpc) is 2.57. The Morgan fingerprint density at radius 2 is 2.29 bits per heavy atom. The lowest BCUT2D eigenvalue weighted by Crippen LogP contribution is -2.21. The smallest absolute Gasteiger partial charge is 0.233 e. The monoisotopic (exact) mass is 218 g/mol. The van der Waals surface area contributed by atoms with Gasteiger partial charge in [0.05, 0.1) is 11.6 Å². The van der Waals surface area contributed by atoms with Crippen molar-refractivity contribution in [1.29, 1.82) is 0 Å². The molecule has 14 heavy (non-hydrogen) atoms. The minimum absolute atomic E-state index is 0.00949. The van der Waals surface area contributed by atoms with Gasteiger partial charge in [0.1, 0.15) is 12.0 Å². The summed E-state index contributed by atoms with van der Waals surface area (Å²) in [6, 6.07) is 3.04. The van der Waals surface area contributed by atoms with Gasteiger partial charge in [-0.25, -0.2) is 9.37 Å². The van der Waals surface area contributed by atoms with E-state index < -0.39 is 12.1 Å². The molecule has 0 N–H and O–H groups in total. The standard InChI is InChI=1S/C9H9ClF2N2/c10-7-1-2-8(13-9(7)12)14-4-3-6(11)5-14/h1-2,6H,3-5H2. The lowest BCUT2D eigenvalue weighted by Gasteiger charge is -2.15. The molecular weight excluding hydrogens is 210 g/mol. The molecule has 2 rings (SSSR count). The molecule has 0 spiro atoms. The molecule has 0 aromatic carbocycles. The minimum atomic E-state index is -0.837. The Hall–Kier alpha value is -0.900. The third-order valence-electron chi connectivity index (χ3n) is 2.24. The molecule has 0 bridgehead atoms. The van der Waals surface area contributed by atoms with Gasteiger partial charge in [-0.1, -0.05) is 11.6 Å². The highest BCUT2D eigenvalue weighted by atomic mass is 35.5. The molecule has 0 aliphatic carbocycles. The van der Waals surface area contributed by atoms with Crippen LogP contribution in [0.5, 0.6) is 0 Å². The third kappa shape index (κ3) is 1.80. The predicted octanol–water partition coefficient (Wildman–Crippen LogP) is 2.42. The molecule has 1 aromatic rings. The van der Waals surface area contributed by atoms with E-state index >= 15 is 0 Å². The summed E-state index contributed by atoms with van der Waals surface area (Å²) in [4.78, 5) is 5.36. The Morgan fingerprint density at radius 1 is 1.50 bits per heavy atom. The normalized spacial score (nSPS) is 21.6. The lowest BCUT2D eigenvalue weighted by atomic mass is 10.3. The van der Waals surface area contributed by atoms with E-state index in [0.29, 0.717) is 18.8 Å². The van der Waals surface area contributed by atoms with Crippen LogP contribution in [-0.2, 0) is 0 Å². The number of hydrogen-bond acceptors (Lipinski definition) is 2. The number of anilines is 1. The highest BCUT2D eigenvalue weighted by Crippen LogP contribution is 2.22. The maximum atomic E-state index is 13.0. The molecule has 2 heterocycles. The lowest BCUT2D eigenvalue weighted by molar-refractivity contribution is 0.364. The first-order valence-electron chi connectivity index (χ1n) is 4.38. The van der Waals surface area contributed by atoms with Gasteiger partial charge in [-0.15, -0.1) is 0 Å². The second kappa shape index (κ2) is 3.69. The van der Waals surface area contributed by atoms with Crippen molar-refractivity contribution in [2.45, 2.75) is 12.6 Å². The third-order valence-corrected chi connectivity index (χ3v) is 2.53. The highest BCUT2D eigenvalue weighted by Gasteiger charge is 2.23. The van der Waals surface area contributed by atoms with E-state index in [-0.39, 0.29) is 11.6 Å². The Balaban J connectivity index is 2.20. The van der Waals surface area contributed by atoms with Crippen LogP contribution in [0.2, 0.25) is 5.02 Å². The molecule has 0 saturated carbocycles. The van der Waals surface area contributed by atoms with Crippen molar-refractivity contribution in [2.75, 3.05) is 18.0 Å². The predicted molar refractivity (Wildman–Crippen MR) is 50.9 cm³/mol. The Labute approximate surface area is 85.5 Å². The molecule has 1 fully saturated rings. The Bertz CT molecular complexity index is 346. The van der Waals surface area contributed by atoms with Gasteiger partial charge < -0.3 is 4.90 Å². The van der Waals surface area contributed by atoms with Crippen LogP contribution < -0.4 is 4.90 Å². The zero-order chi connectivity index (χ0) is 10.1. The number of hydrogen-bond donors (Lipinski definition) is 0. The van der Waals surface area contributed by atoms with Crippen LogP contribution in [0.25, 0.3) is 0 Å². The number of pyridine rings is 1. The molecule has 5 heteroatoms. The number of rotatable bonds is 1. The molecule has 1 aliphatic rings. The highest BCUT2D eigenvalue weighted by molar-refractivity contribution is 6.30. The summed E-state index contributed by atoms with van der Waals surface area (Å²) in [6.07, 6.45) is -0.359. The zero-order valence-electron chi connectivity index (χ0n) is 7.38. The molecule has 1 aromatic heterocycles. The molecule has 1 aliphatic heterocycles. The fraction of sp³-hybridized carbons (Fsp3) is 0.444. The van der Waals surface area contributed by atoms with Gasteiger partial charge in [-0.3, -0.25) is 0 Å². The van der Waals surface area contributed by atoms with Crippen LogP contribution in [0.3, 0.4) is 0 Å². The Kier molecular flexibility index (Phi) is 2.54. The molecule has 1 saturated heterocycles. The summed E-state index contributed by atoms with van der Waals surface area (Å²) in [7, 11) is 0. The number of nitrogens with zero attached hydrogens (tertiary/aromatic N) is 2. The molecule has 1 unspecified atom stereocenters. The first kappa shape index (κ1) is 9.65. The van der Waals surface area contributed by atoms with Crippen molar-refractivity contribution in [1.82, 2.24) is 4.98 Å². The summed E-state index contributed by atoms with van der Waals surface area (Å²) < 4.78 is 25.8. The molecule has 1 atom stereocenters. The van der Waals surface area contributed by atoms with E-state index in [4.69, 9.17) is 11.6 Å². The topological polar surface area (TPSA) is 16.1 Å². The van der Waals surface area contributed by atoms with Gasteiger partial charge in [0.15, 0.2) is 0 Å². The number of aromatic nitrogens is 1. The Morgan fingerprint density at radius 3 is 2.86 bits per heavy atom. The summed E-state index contributed by atoms with van der Waals surface area (Å²) in [5.74, 6) is -0.251. The van der Waals surface area contributed by atoms with Crippen molar-refractivity contribution in [2.24, 2.45) is 0 Å². The second-order valence-electron chi connectivity index (χ2n) is 3.27.